The Hall–Kier alpha value is -1.70. The first kappa shape index (κ1) is 27.3. The van der Waals surface area contributed by atoms with Gasteiger partial charge < -0.3 is 9.47 Å². The minimum Gasteiger partial charge on any atom is -0.467 e. The Morgan fingerprint density at radius 2 is 1.74 bits per heavy atom. The van der Waals surface area contributed by atoms with Crippen molar-refractivity contribution >= 4 is 32.3 Å². The van der Waals surface area contributed by atoms with Gasteiger partial charge in [-0.3, -0.25) is 13.3 Å². The Balaban J connectivity index is 3.55. The van der Waals surface area contributed by atoms with Gasteiger partial charge in [0.05, 0.1) is 32.8 Å². The zero-order valence-electron chi connectivity index (χ0n) is 18.6. The highest BCUT2D eigenvalue weighted by Crippen LogP contribution is 2.47. The van der Waals surface area contributed by atoms with E-state index in [0.717, 1.165) is 24.5 Å². The van der Waals surface area contributed by atoms with Crippen molar-refractivity contribution in [2.45, 2.75) is 51.4 Å². The zero-order valence-corrected chi connectivity index (χ0v) is 20.2. The molecule has 1 rings (SSSR count). The zero-order chi connectivity index (χ0) is 24.3. The summed E-state index contributed by atoms with van der Waals surface area (Å²) in [6.07, 6.45) is 0.887. The molecule has 3 unspecified atom stereocenters. The monoisotopic (exact) mass is 485 g/mol. The van der Waals surface area contributed by atoms with Gasteiger partial charge in [0, 0.05) is 5.41 Å². The predicted molar refractivity (Wildman–Crippen MR) is 111 cm³/mol. The minimum atomic E-state index is -4.01. The number of methoxy groups -OCH3 is 1. The molecule has 0 aromatic rings. The molecule has 1 heterocycles. The molecule has 0 radical (unpaired) electrons. The van der Waals surface area contributed by atoms with Crippen LogP contribution in [0.4, 0.5) is 4.79 Å². The topological polar surface area (TPSA) is 143 Å². The Morgan fingerprint density at radius 1 is 1.16 bits per heavy atom. The van der Waals surface area contributed by atoms with Crippen molar-refractivity contribution in [1.82, 2.24) is 4.90 Å². The molecule has 0 saturated carbocycles. The molecule has 0 aromatic heterocycles. The Labute approximate surface area is 183 Å². The molecule has 0 aromatic carbocycles. The average Bonchev–Trinajstić information content (AvgIpc) is 2.84. The third-order valence-electron chi connectivity index (χ3n) is 4.59. The number of likely N-dealkylation sites (tertiary alicyclic amines) is 1. The summed E-state index contributed by atoms with van der Waals surface area (Å²) in [4.78, 5) is 26.7. The van der Waals surface area contributed by atoms with Crippen LogP contribution in [-0.2, 0) is 42.9 Å². The van der Waals surface area contributed by atoms with Gasteiger partial charge in [-0.15, -0.1) is 6.58 Å². The molecule has 1 fully saturated rings. The van der Waals surface area contributed by atoms with Crippen LogP contribution < -0.4 is 0 Å². The van der Waals surface area contributed by atoms with Crippen molar-refractivity contribution in [3.05, 3.63) is 12.7 Å². The predicted octanol–water partition coefficient (Wildman–Crippen LogP) is 1.05. The molecule has 1 amide bonds. The lowest BCUT2D eigenvalue weighted by atomic mass is 9.73. The molecule has 0 spiro atoms. The van der Waals surface area contributed by atoms with Gasteiger partial charge in [0.15, 0.2) is 0 Å². The fourth-order valence-corrected chi connectivity index (χ4v) is 4.62. The van der Waals surface area contributed by atoms with E-state index in [4.69, 9.17) is 17.8 Å². The first-order valence-corrected chi connectivity index (χ1v) is 13.0. The molecule has 0 N–H and O–H groups in total. The molecule has 11 nitrogen and oxygen atoms in total. The molecule has 31 heavy (non-hydrogen) atoms. The van der Waals surface area contributed by atoms with E-state index in [2.05, 4.69) is 6.58 Å². The fourth-order valence-electron chi connectivity index (χ4n) is 3.56. The standard InChI is InChI=1S/C18H31NO10S2/c1-8-9-18(10-11-27-30(6,22)23)13(29-31(7,24)25)12-19(14(18)15(20)26-5)16(21)28-17(2,3)4/h8,13-14H,1,9-12H2,2-7H3. The van der Waals surface area contributed by atoms with Gasteiger partial charge in [-0.25, -0.2) is 9.59 Å². The number of ether oxygens (including phenoxy) is 2. The highest BCUT2D eigenvalue weighted by Gasteiger charge is 2.60. The van der Waals surface area contributed by atoms with E-state index < -0.39 is 55.5 Å². The molecule has 1 aliphatic heterocycles. The van der Waals surface area contributed by atoms with Crippen LogP contribution in [-0.4, -0.2) is 84.3 Å². The lowest BCUT2D eigenvalue weighted by Crippen LogP contribution is -2.51. The van der Waals surface area contributed by atoms with Gasteiger partial charge in [-0.2, -0.15) is 16.8 Å². The molecule has 180 valence electrons. The second-order valence-electron chi connectivity index (χ2n) is 8.35. The van der Waals surface area contributed by atoms with Crippen molar-refractivity contribution in [2.75, 3.05) is 32.8 Å². The van der Waals surface area contributed by atoms with Gasteiger partial charge in [0.25, 0.3) is 20.2 Å². The van der Waals surface area contributed by atoms with Crippen molar-refractivity contribution in [3.8, 4) is 0 Å². The van der Waals surface area contributed by atoms with Crippen LogP contribution in [0.2, 0.25) is 0 Å². The van der Waals surface area contributed by atoms with Gasteiger partial charge in [-0.1, -0.05) is 6.08 Å². The number of hydrogen-bond acceptors (Lipinski definition) is 10. The number of hydrogen-bond donors (Lipinski definition) is 0. The highest BCUT2D eigenvalue weighted by molar-refractivity contribution is 7.86. The van der Waals surface area contributed by atoms with Crippen LogP contribution in [0.15, 0.2) is 12.7 Å². The molecular weight excluding hydrogens is 454 g/mol. The smallest absolute Gasteiger partial charge is 0.411 e. The van der Waals surface area contributed by atoms with E-state index in [-0.39, 0.29) is 26.0 Å². The van der Waals surface area contributed by atoms with E-state index in [1.807, 2.05) is 0 Å². The molecule has 13 heteroatoms. The van der Waals surface area contributed by atoms with Gasteiger partial charge in [0.1, 0.15) is 17.7 Å². The summed E-state index contributed by atoms with van der Waals surface area (Å²) in [7, 11) is -6.71. The number of carbonyl (C=O) groups excluding carboxylic acids is 2. The third kappa shape index (κ3) is 7.74. The second-order valence-corrected chi connectivity index (χ2v) is 11.6. The van der Waals surface area contributed by atoms with Gasteiger partial charge in [-0.05, 0) is 33.6 Å². The molecule has 0 aliphatic carbocycles. The van der Waals surface area contributed by atoms with Crippen LogP contribution in [0, 0.1) is 5.41 Å². The molecule has 3 atom stereocenters. The normalized spacial score (nSPS) is 24.6. The first-order chi connectivity index (χ1) is 14.0. The van der Waals surface area contributed by atoms with Crippen molar-refractivity contribution in [1.29, 1.82) is 0 Å². The lowest BCUT2D eigenvalue weighted by Gasteiger charge is -2.37. The Morgan fingerprint density at radius 3 is 2.16 bits per heavy atom. The maximum atomic E-state index is 12.9. The number of amides is 1. The highest BCUT2D eigenvalue weighted by atomic mass is 32.2. The quantitative estimate of drug-likeness (QED) is 0.264. The molecule has 0 bridgehead atoms. The molecule has 1 saturated heterocycles. The summed E-state index contributed by atoms with van der Waals surface area (Å²) < 4.78 is 67.1. The van der Waals surface area contributed by atoms with Crippen LogP contribution in [0.1, 0.15) is 33.6 Å². The maximum Gasteiger partial charge on any atom is 0.411 e. The minimum absolute atomic E-state index is 0.000622. The van der Waals surface area contributed by atoms with E-state index in [1.54, 1.807) is 20.8 Å². The summed E-state index contributed by atoms with van der Waals surface area (Å²) in [5, 5.41) is 0. The number of rotatable bonds is 9. The first-order valence-electron chi connectivity index (χ1n) is 9.37. The van der Waals surface area contributed by atoms with E-state index in [0.29, 0.717) is 0 Å². The van der Waals surface area contributed by atoms with Crippen molar-refractivity contribution < 1.29 is 44.3 Å². The lowest BCUT2D eigenvalue weighted by molar-refractivity contribution is -0.150. The largest absolute Gasteiger partial charge is 0.467 e. The number of nitrogens with zero attached hydrogens (tertiary/aromatic N) is 1. The van der Waals surface area contributed by atoms with Crippen molar-refractivity contribution in [2.24, 2.45) is 5.41 Å². The fraction of sp³-hybridized carbons (Fsp3) is 0.778. The summed E-state index contributed by atoms with van der Waals surface area (Å²) in [5.74, 6) is -0.841. The SMILES string of the molecule is C=CCC1(CCOS(C)(=O)=O)C(OS(C)(=O)=O)CN(C(=O)OC(C)(C)C)C1C(=O)OC. The molecule has 1 aliphatic rings. The summed E-state index contributed by atoms with van der Waals surface area (Å²) in [6.45, 7) is 7.86. The van der Waals surface area contributed by atoms with Gasteiger partial charge in [0.2, 0.25) is 0 Å². The maximum absolute atomic E-state index is 12.9. The number of carbonyl (C=O) groups is 2. The van der Waals surface area contributed by atoms with E-state index in [1.165, 1.54) is 6.08 Å². The van der Waals surface area contributed by atoms with Crippen LogP contribution in [0.3, 0.4) is 0 Å². The average molecular weight is 486 g/mol. The number of esters is 1. The van der Waals surface area contributed by atoms with Crippen LogP contribution >= 0.6 is 0 Å². The summed E-state index contributed by atoms with van der Waals surface area (Å²) in [5.41, 5.74) is -2.30. The second kappa shape index (κ2) is 9.84. The number of allylic oxidation sites excluding steroid dienone is 1. The Kier molecular flexibility index (Phi) is 8.68. The summed E-state index contributed by atoms with van der Waals surface area (Å²) in [6, 6.07) is -1.33. The van der Waals surface area contributed by atoms with Crippen LogP contribution in [0.5, 0.6) is 0 Å². The van der Waals surface area contributed by atoms with Gasteiger partial charge >= 0.3 is 12.1 Å². The van der Waals surface area contributed by atoms with Crippen LogP contribution in [0.25, 0.3) is 0 Å². The summed E-state index contributed by atoms with van der Waals surface area (Å²) >= 11 is 0. The molecular formula is C18H31NO10S2. The van der Waals surface area contributed by atoms with E-state index >= 15 is 0 Å². The van der Waals surface area contributed by atoms with E-state index in [9.17, 15) is 26.4 Å². The van der Waals surface area contributed by atoms with Crippen molar-refractivity contribution in [3.63, 3.8) is 0 Å². The third-order valence-corrected chi connectivity index (χ3v) is 5.77. The Bertz CT molecular complexity index is 891.